The second-order valence-electron chi connectivity index (χ2n) is 6.13. The van der Waals surface area contributed by atoms with Crippen LogP contribution in [0.5, 0.6) is 5.75 Å². The predicted molar refractivity (Wildman–Crippen MR) is 108 cm³/mol. The molecule has 0 aliphatic heterocycles. The van der Waals surface area contributed by atoms with E-state index in [1.807, 2.05) is 31.2 Å². The van der Waals surface area contributed by atoms with E-state index in [-0.39, 0.29) is 5.91 Å². The first-order valence-electron chi connectivity index (χ1n) is 8.39. The lowest BCUT2D eigenvalue weighted by Crippen LogP contribution is -2.24. The highest BCUT2D eigenvalue weighted by Crippen LogP contribution is 2.35. The van der Waals surface area contributed by atoms with Gasteiger partial charge in [0.15, 0.2) is 0 Å². The zero-order valence-electron chi connectivity index (χ0n) is 15.4. The van der Waals surface area contributed by atoms with E-state index in [0.717, 1.165) is 32.5 Å². The van der Waals surface area contributed by atoms with E-state index in [1.165, 1.54) is 9.75 Å². The van der Waals surface area contributed by atoms with Gasteiger partial charge in [0.05, 0.1) is 24.2 Å². The Kier molecular flexibility index (Phi) is 5.74. The largest absolute Gasteiger partial charge is 0.497 e. The highest BCUT2D eigenvalue weighted by Gasteiger charge is 2.17. The van der Waals surface area contributed by atoms with Crippen LogP contribution in [0.2, 0.25) is 0 Å². The molecule has 0 unspecified atom stereocenters. The molecule has 136 valence electrons. The molecule has 0 radical (unpaired) electrons. The van der Waals surface area contributed by atoms with E-state index < -0.39 is 0 Å². The minimum atomic E-state index is 0.00956. The Bertz CT molecular complexity index is 911. The summed E-state index contributed by atoms with van der Waals surface area (Å²) in [4.78, 5) is 20.6. The van der Waals surface area contributed by atoms with Crippen LogP contribution in [0.4, 0.5) is 0 Å². The lowest BCUT2D eigenvalue weighted by Gasteiger charge is -2.07. The fourth-order valence-electron chi connectivity index (χ4n) is 2.82. The van der Waals surface area contributed by atoms with Crippen molar-refractivity contribution in [1.82, 2.24) is 10.3 Å². The monoisotopic (exact) mass is 386 g/mol. The summed E-state index contributed by atoms with van der Waals surface area (Å²) in [5, 5.41) is 3.98. The number of hydrogen-bond acceptors (Lipinski definition) is 5. The third-order valence-corrected chi connectivity index (χ3v) is 6.01. The minimum absolute atomic E-state index is 0.00956. The maximum Gasteiger partial charge on any atom is 0.225 e. The van der Waals surface area contributed by atoms with Crippen LogP contribution in [0, 0.1) is 20.8 Å². The maximum atomic E-state index is 12.4. The standard InChI is InChI=1S/C20H22N2O2S2/c1-12-9-17(13(2)25-12)20-18(26-14(3)22-20)10-19(23)21-11-15-5-7-16(24-4)8-6-15/h5-9H,10-11H2,1-4H3,(H,21,23). The van der Waals surface area contributed by atoms with E-state index in [2.05, 4.69) is 30.2 Å². The molecule has 0 atom stereocenters. The van der Waals surface area contributed by atoms with Gasteiger partial charge in [0.1, 0.15) is 5.75 Å². The van der Waals surface area contributed by atoms with Crippen molar-refractivity contribution in [3.63, 3.8) is 0 Å². The average Bonchev–Trinajstić information content (AvgIpc) is 3.14. The quantitative estimate of drug-likeness (QED) is 0.670. The smallest absolute Gasteiger partial charge is 0.225 e. The van der Waals surface area contributed by atoms with E-state index in [1.54, 1.807) is 29.8 Å². The summed E-state index contributed by atoms with van der Waals surface area (Å²) in [6.07, 6.45) is 0.353. The van der Waals surface area contributed by atoms with Gasteiger partial charge in [0, 0.05) is 26.7 Å². The molecule has 0 fully saturated rings. The molecule has 0 aliphatic carbocycles. The summed E-state index contributed by atoms with van der Waals surface area (Å²) in [6, 6.07) is 9.87. The van der Waals surface area contributed by atoms with Crippen LogP contribution >= 0.6 is 22.7 Å². The topological polar surface area (TPSA) is 51.2 Å². The normalized spacial score (nSPS) is 10.8. The average molecular weight is 387 g/mol. The number of hydrogen-bond donors (Lipinski definition) is 1. The van der Waals surface area contributed by atoms with Crippen molar-refractivity contribution in [2.45, 2.75) is 33.7 Å². The van der Waals surface area contributed by atoms with Gasteiger partial charge in [-0.05, 0) is 44.5 Å². The van der Waals surface area contributed by atoms with Crippen molar-refractivity contribution < 1.29 is 9.53 Å². The first-order chi connectivity index (χ1) is 12.5. The van der Waals surface area contributed by atoms with Crippen LogP contribution in [0.1, 0.15) is 25.2 Å². The molecule has 0 bridgehead atoms. The Hall–Kier alpha value is -2.18. The van der Waals surface area contributed by atoms with Crippen molar-refractivity contribution in [2.24, 2.45) is 0 Å². The number of aromatic nitrogens is 1. The molecule has 4 nitrogen and oxygen atoms in total. The molecule has 0 aliphatic rings. The van der Waals surface area contributed by atoms with Crippen molar-refractivity contribution >= 4 is 28.6 Å². The predicted octanol–water partition coefficient (Wildman–Crippen LogP) is 4.66. The van der Waals surface area contributed by atoms with Crippen LogP contribution in [0.3, 0.4) is 0 Å². The Balaban J connectivity index is 1.68. The number of benzene rings is 1. The zero-order valence-corrected chi connectivity index (χ0v) is 17.0. The molecule has 6 heteroatoms. The van der Waals surface area contributed by atoms with Gasteiger partial charge in [-0.2, -0.15) is 0 Å². The molecule has 0 spiro atoms. The molecule has 26 heavy (non-hydrogen) atoms. The Morgan fingerprint density at radius 2 is 1.88 bits per heavy atom. The molecule has 1 aromatic carbocycles. The molecule has 3 aromatic rings. The molecular weight excluding hydrogens is 364 g/mol. The van der Waals surface area contributed by atoms with E-state index >= 15 is 0 Å². The van der Waals surface area contributed by atoms with Crippen molar-refractivity contribution in [1.29, 1.82) is 0 Å². The lowest BCUT2D eigenvalue weighted by molar-refractivity contribution is -0.120. The Morgan fingerprint density at radius 3 is 2.50 bits per heavy atom. The van der Waals surface area contributed by atoms with Crippen LogP contribution in [0.25, 0.3) is 11.3 Å². The highest BCUT2D eigenvalue weighted by molar-refractivity contribution is 7.13. The third kappa shape index (κ3) is 4.31. The zero-order chi connectivity index (χ0) is 18.7. The number of carbonyl (C=O) groups excluding carboxylic acids is 1. The number of nitrogens with one attached hydrogen (secondary N) is 1. The summed E-state index contributed by atoms with van der Waals surface area (Å²) < 4.78 is 5.15. The number of nitrogens with zero attached hydrogens (tertiary/aromatic N) is 1. The molecule has 2 aromatic heterocycles. The Labute approximate surface area is 161 Å². The summed E-state index contributed by atoms with van der Waals surface area (Å²) >= 11 is 3.36. The van der Waals surface area contributed by atoms with Gasteiger partial charge in [-0.15, -0.1) is 22.7 Å². The van der Waals surface area contributed by atoms with Crippen molar-refractivity contribution in [3.8, 4) is 17.0 Å². The highest BCUT2D eigenvalue weighted by atomic mass is 32.1. The van der Waals surface area contributed by atoms with Crippen LogP contribution < -0.4 is 10.1 Å². The number of carbonyl (C=O) groups is 1. The summed E-state index contributed by atoms with van der Waals surface area (Å²) in [6.45, 7) is 6.70. The molecule has 0 saturated carbocycles. The van der Waals surface area contributed by atoms with Crippen molar-refractivity contribution in [3.05, 3.63) is 55.5 Å². The number of thiazole rings is 1. The lowest BCUT2D eigenvalue weighted by atomic mass is 10.1. The van der Waals surface area contributed by atoms with Gasteiger partial charge in [-0.3, -0.25) is 4.79 Å². The first kappa shape index (κ1) is 18.6. The number of methoxy groups -OCH3 is 1. The summed E-state index contributed by atoms with van der Waals surface area (Å²) in [5.74, 6) is 0.821. The fraction of sp³-hybridized carbons (Fsp3) is 0.300. The number of thiophene rings is 1. The Morgan fingerprint density at radius 1 is 1.15 bits per heavy atom. The maximum absolute atomic E-state index is 12.4. The number of rotatable bonds is 6. The van der Waals surface area contributed by atoms with Gasteiger partial charge in [0.2, 0.25) is 5.91 Å². The van der Waals surface area contributed by atoms with Crippen LogP contribution in [0.15, 0.2) is 30.3 Å². The first-order valence-corrected chi connectivity index (χ1v) is 10.0. The number of aryl methyl sites for hydroxylation is 3. The fourth-order valence-corrected chi connectivity index (χ4v) is 4.69. The van der Waals surface area contributed by atoms with Gasteiger partial charge < -0.3 is 10.1 Å². The molecular formula is C20H22N2O2S2. The van der Waals surface area contributed by atoms with Gasteiger partial charge in [-0.1, -0.05) is 12.1 Å². The summed E-state index contributed by atoms with van der Waals surface area (Å²) in [7, 11) is 1.64. The van der Waals surface area contributed by atoms with E-state index in [0.29, 0.717) is 13.0 Å². The molecule has 1 N–H and O–H groups in total. The summed E-state index contributed by atoms with van der Waals surface area (Å²) in [5.41, 5.74) is 3.15. The minimum Gasteiger partial charge on any atom is -0.497 e. The van der Waals surface area contributed by atoms with Gasteiger partial charge in [0.25, 0.3) is 0 Å². The third-order valence-electron chi connectivity index (χ3n) is 4.07. The van der Waals surface area contributed by atoms with Crippen LogP contribution in [-0.2, 0) is 17.8 Å². The molecule has 1 amide bonds. The van der Waals surface area contributed by atoms with E-state index in [9.17, 15) is 4.79 Å². The van der Waals surface area contributed by atoms with E-state index in [4.69, 9.17) is 4.74 Å². The van der Waals surface area contributed by atoms with Crippen molar-refractivity contribution in [2.75, 3.05) is 7.11 Å². The molecule has 0 saturated heterocycles. The molecule has 3 rings (SSSR count). The SMILES string of the molecule is COc1ccc(CNC(=O)Cc2sc(C)nc2-c2cc(C)sc2C)cc1. The molecule has 2 heterocycles. The van der Waals surface area contributed by atoms with Gasteiger partial charge >= 0.3 is 0 Å². The number of ether oxygens (including phenoxy) is 1. The van der Waals surface area contributed by atoms with Crippen LogP contribution in [-0.4, -0.2) is 18.0 Å². The second-order valence-corrected chi connectivity index (χ2v) is 8.88. The number of amides is 1. The second kappa shape index (κ2) is 8.01. The van der Waals surface area contributed by atoms with Gasteiger partial charge in [-0.25, -0.2) is 4.98 Å².